The summed E-state index contributed by atoms with van der Waals surface area (Å²) in [4.78, 5) is 11.1. The number of carbonyl (C=O) groups excluding carboxylic acids is 1. The number of ether oxygens (including phenoxy) is 1. The van der Waals surface area contributed by atoms with E-state index in [-0.39, 0.29) is 13.0 Å². The van der Waals surface area contributed by atoms with Gasteiger partial charge in [0.1, 0.15) is 5.82 Å². The molecule has 0 aromatic heterocycles. The zero-order valence-corrected chi connectivity index (χ0v) is 8.44. The maximum absolute atomic E-state index is 13.1. The Morgan fingerprint density at radius 3 is 2.80 bits per heavy atom. The molecule has 0 aliphatic heterocycles. The van der Waals surface area contributed by atoms with Crippen molar-refractivity contribution in [3.63, 3.8) is 0 Å². The van der Waals surface area contributed by atoms with E-state index in [2.05, 4.69) is 4.74 Å². The van der Waals surface area contributed by atoms with Crippen LogP contribution in [0, 0.1) is 5.82 Å². The second kappa shape index (κ2) is 5.46. The van der Waals surface area contributed by atoms with Gasteiger partial charge in [0.25, 0.3) is 0 Å². The number of carbonyl (C=O) groups is 1. The summed E-state index contributed by atoms with van der Waals surface area (Å²) in [5.41, 5.74) is 0.304. The maximum atomic E-state index is 13.1. The quantitative estimate of drug-likeness (QED) is 0.765. The molecular weight excluding hydrogens is 199 g/mol. The molecule has 0 radical (unpaired) electrons. The van der Waals surface area contributed by atoms with Crippen molar-refractivity contribution in [3.05, 3.63) is 35.6 Å². The van der Waals surface area contributed by atoms with Crippen LogP contribution in [0.2, 0.25) is 0 Å². The minimum absolute atomic E-state index is 0.0640. The highest BCUT2D eigenvalue weighted by molar-refractivity contribution is 5.74. The molecule has 0 amide bonds. The minimum Gasteiger partial charge on any atom is -0.464 e. The smallest absolute Gasteiger partial charge is 0.335 e. The van der Waals surface area contributed by atoms with E-state index in [1.54, 1.807) is 19.1 Å². The molecule has 3 nitrogen and oxygen atoms in total. The molecule has 82 valence electrons. The van der Waals surface area contributed by atoms with Crippen molar-refractivity contribution in [2.24, 2.45) is 0 Å². The third kappa shape index (κ3) is 3.32. The molecule has 1 N–H and O–H groups in total. The Bertz CT molecular complexity index is 338. The molecule has 0 spiro atoms. The number of hydrogen-bond donors (Lipinski definition) is 1. The minimum atomic E-state index is -1.30. The molecule has 0 heterocycles. The van der Waals surface area contributed by atoms with Gasteiger partial charge in [-0.1, -0.05) is 18.2 Å². The molecule has 0 bridgehead atoms. The Labute approximate surface area is 87.5 Å². The molecular formula is C11H13FO3. The zero-order chi connectivity index (χ0) is 11.3. The summed E-state index contributed by atoms with van der Waals surface area (Å²) in [7, 11) is 0. The van der Waals surface area contributed by atoms with Crippen LogP contribution in [0.15, 0.2) is 24.3 Å². The van der Waals surface area contributed by atoms with Crippen LogP contribution in [0.3, 0.4) is 0 Å². The Hall–Kier alpha value is -1.42. The number of benzene rings is 1. The van der Waals surface area contributed by atoms with Gasteiger partial charge in [0.15, 0.2) is 6.10 Å². The maximum Gasteiger partial charge on any atom is 0.335 e. The molecule has 0 saturated carbocycles. The van der Waals surface area contributed by atoms with E-state index in [1.165, 1.54) is 12.1 Å². The van der Waals surface area contributed by atoms with Crippen LogP contribution in [0.4, 0.5) is 4.39 Å². The molecule has 1 aromatic carbocycles. The Morgan fingerprint density at radius 1 is 1.53 bits per heavy atom. The third-order valence-corrected chi connectivity index (χ3v) is 1.93. The SMILES string of the molecule is CCOC(=O)[C@@H](O)Cc1ccccc1F. The van der Waals surface area contributed by atoms with Gasteiger partial charge in [0.05, 0.1) is 6.61 Å². The van der Waals surface area contributed by atoms with E-state index in [4.69, 9.17) is 0 Å². The first-order chi connectivity index (χ1) is 7.15. The first kappa shape index (κ1) is 11.7. The average Bonchev–Trinajstić information content (AvgIpc) is 2.21. The number of aliphatic hydroxyl groups excluding tert-OH is 1. The van der Waals surface area contributed by atoms with E-state index in [1.807, 2.05) is 0 Å². The molecule has 1 rings (SSSR count). The number of esters is 1. The van der Waals surface area contributed by atoms with Gasteiger partial charge in [0, 0.05) is 6.42 Å². The first-order valence-corrected chi connectivity index (χ1v) is 4.73. The standard InChI is InChI=1S/C11H13FO3/c1-2-15-11(14)10(13)7-8-5-3-4-6-9(8)12/h3-6,10,13H,2,7H2,1H3/t10-/m0/s1. The fourth-order valence-corrected chi connectivity index (χ4v) is 1.19. The lowest BCUT2D eigenvalue weighted by molar-refractivity contribution is -0.152. The Kier molecular flexibility index (Phi) is 4.24. The summed E-state index contributed by atoms with van der Waals surface area (Å²) in [5.74, 6) is -1.15. The van der Waals surface area contributed by atoms with Gasteiger partial charge < -0.3 is 9.84 Å². The summed E-state index contributed by atoms with van der Waals surface area (Å²) in [5, 5.41) is 9.39. The lowest BCUT2D eigenvalue weighted by Gasteiger charge is -2.09. The monoisotopic (exact) mass is 212 g/mol. The fraction of sp³-hybridized carbons (Fsp3) is 0.364. The number of hydrogen-bond acceptors (Lipinski definition) is 3. The molecule has 0 saturated heterocycles. The summed E-state index contributed by atoms with van der Waals surface area (Å²) >= 11 is 0. The fourth-order valence-electron chi connectivity index (χ4n) is 1.19. The van der Waals surface area contributed by atoms with Crippen LogP contribution in [0.1, 0.15) is 12.5 Å². The van der Waals surface area contributed by atoms with Crippen molar-refractivity contribution in [1.29, 1.82) is 0 Å². The van der Waals surface area contributed by atoms with Crippen molar-refractivity contribution in [2.45, 2.75) is 19.4 Å². The van der Waals surface area contributed by atoms with Crippen molar-refractivity contribution >= 4 is 5.97 Å². The van der Waals surface area contributed by atoms with Crippen molar-refractivity contribution in [1.82, 2.24) is 0 Å². The van der Waals surface area contributed by atoms with Crippen LogP contribution in [-0.4, -0.2) is 23.8 Å². The second-order valence-electron chi connectivity index (χ2n) is 3.06. The van der Waals surface area contributed by atoms with Gasteiger partial charge in [-0.25, -0.2) is 9.18 Å². The molecule has 0 unspecified atom stereocenters. The summed E-state index contributed by atoms with van der Waals surface area (Å²) < 4.78 is 17.7. The highest BCUT2D eigenvalue weighted by atomic mass is 19.1. The largest absolute Gasteiger partial charge is 0.464 e. The molecule has 1 aromatic rings. The Balaban J connectivity index is 2.62. The predicted octanol–water partition coefficient (Wildman–Crippen LogP) is 1.29. The van der Waals surface area contributed by atoms with Crippen molar-refractivity contribution in [3.8, 4) is 0 Å². The van der Waals surface area contributed by atoms with Gasteiger partial charge in [-0.05, 0) is 18.6 Å². The molecule has 0 aliphatic carbocycles. The topological polar surface area (TPSA) is 46.5 Å². The highest BCUT2D eigenvalue weighted by Gasteiger charge is 2.17. The Morgan fingerprint density at radius 2 is 2.20 bits per heavy atom. The van der Waals surface area contributed by atoms with E-state index in [0.717, 1.165) is 0 Å². The van der Waals surface area contributed by atoms with E-state index in [9.17, 15) is 14.3 Å². The van der Waals surface area contributed by atoms with Crippen LogP contribution < -0.4 is 0 Å². The van der Waals surface area contributed by atoms with Gasteiger partial charge in [-0.2, -0.15) is 0 Å². The van der Waals surface area contributed by atoms with Gasteiger partial charge in [0.2, 0.25) is 0 Å². The van der Waals surface area contributed by atoms with Crippen LogP contribution in [0.25, 0.3) is 0 Å². The highest BCUT2D eigenvalue weighted by Crippen LogP contribution is 2.09. The summed E-state index contributed by atoms with van der Waals surface area (Å²) in [6.45, 7) is 1.85. The van der Waals surface area contributed by atoms with Crippen LogP contribution >= 0.6 is 0 Å². The normalized spacial score (nSPS) is 12.2. The number of aliphatic hydroxyl groups is 1. The van der Waals surface area contributed by atoms with Crippen molar-refractivity contribution < 1.29 is 19.0 Å². The third-order valence-electron chi connectivity index (χ3n) is 1.93. The molecule has 15 heavy (non-hydrogen) atoms. The van der Waals surface area contributed by atoms with Crippen LogP contribution in [0.5, 0.6) is 0 Å². The molecule has 1 atom stereocenters. The number of rotatable bonds is 4. The average molecular weight is 212 g/mol. The van der Waals surface area contributed by atoms with Gasteiger partial charge in [-0.3, -0.25) is 0 Å². The van der Waals surface area contributed by atoms with E-state index in [0.29, 0.717) is 5.56 Å². The summed E-state index contributed by atoms with van der Waals surface area (Å²) in [6.07, 6.45) is -1.37. The first-order valence-electron chi connectivity index (χ1n) is 4.73. The van der Waals surface area contributed by atoms with Gasteiger partial charge >= 0.3 is 5.97 Å². The van der Waals surface area contributed by atoms with Crippen LogP contribution in [-0.2, 0) is 16.0 Å². The lowest BCUT2D eigenvalue weighted by atomic mass is 10.1. The lowest BCUT2D eigenvalue weighted by Crippen LogP contribution is -2.25. The molecule has 4 heteroatoms. The van der Waals surface area contributed by atoms with E-state index >= 15 is 0 Å². The van der Waals surface area contributed by atoms with Crippen molar-refractivity contribution in [2.75, 3.05) is 6.61 Å². The van der Waals surface area contributed by atoms with Gasteiger partial charge in [-0.15, -0.1) is 0 Å². The number of halogens is 1. The molecule has 0 aliphatic rings. The summed E-state index contributed by atoms with van der Waals surface area (Å²) in [6, 6.07) is 6.01. The zero-order valence-electron chi connectivity index (χ0n) is 8.44. The second-order valence-corrected chi connectivity index (χ2v) is 3.06. The molecule has 0 fully saturated rings. The van der Waals surface area contributed by atoms with E-state index < -0.39 is 17.9 Å². The predicted molar refractivity (Wildman–Crippen MR) is 52.7 cm³/mol.